The summed E-state index contributed by atoms with van der Waals surface area (Å²) in [7, 11) is 1.43. The molecule has 0 aliphatic heterocycles. The number of ether oxygens (including phenoxy) is 2. The second-order valence-corrected chi connectivity index (χ2v) is 9.46. The van der Waals surface area contributed by atoms with E-state index in [0.717, 1.165) is 31.8 Å². The number of phenolic OH excluding ortho intramolecular Hbond substituents is 1. The van der Waals surface area contributed by atoms with E-state index >= 15 is 0 Å². The quantitative estimate of drug-likeness (QED) is 0.0596. The van der Waals surface area contributed by atoms with E-state index in [1.165, 1.54) is 77.0 Å². The number of esters is 1. The number of aliphatic hydroxyl groups excluding tert-OH is 2. The van der Waals surface area contributed by atoms with Crippen LogP contribution in [0.5, 0.6) is 11.5 Å². The van der Waals surface area contributed by atoms with E-state index in [9.17, 15) is 14.7 Å². The van der Waals surface area contributed by atoms with Gasteiger partial charge in [0.05, 0.1) is 13.7 Å². The Morgan fingerprint density at radius 2 is 1.51 bits per heavy atom. The summed E-state index contributed by atoms with van der Waals surface area (Å²) >= 11 is 0. The van der Waals surface area contributed by atoms with Crippen LogP contribution >= 0.6 is 0 Å². The van der Waals surface area contributed by atoms with Crippen LogP contribution in [-0.4, -0.2) is 58.8 Å². The van der Waals surface area contributed by atoms with Crippen molar-refractivity contribution in [1.29, 1.82) is 0 Å². The first-order valence-electron chi connectivity index (χ1n) is 14.2. The van der Waals surface area contributed by atoms with Crippen molar-refractivity contribution >= 4 is 18.0 Å². The van der Waals surface area contributed by atoms with E-state index in [1.54, 1.807) is 12.1 Å². The molecular formula is C31H50O8. The van der Waals surface area contributed by atoms with Crippen molar-refractivity contribution in [2.45, 2.75) is 103 Å². The maximum absolute atomic E-state index is 11.4. The molecule has 1 aromatic carbocycles. The zero-order valence-electron chi connectivity index (χ0n) is 23.9. The van der Waals surface area contributed by atoms with Crippen LogP contribution in [0.1, 0.15) is 102 Å². The molecule has 8 heteroatoms. The van der Waals surface area contributed by atoms with Gasteiger partial charge in [0.25, 0.3) is 0 Å². The molecule has 1 rings (SSSR count). The van der Waals surface area contributed by atoms with Crippen LogP contribution in [0.15, 0.2) is 36.4 Å². The van der Waals surface area contributed by atoms with E-state index in [-0.39, 0.29) is 24.9 Å². The molecule has 0 spiro atoms. The first kappa shape index (κ1) is 36.2. The van der Waals surface area contributed by atoms with Gasteiger partial charge in [0.2, 0.25) is 0 Å². The molecule has 0 radical (unpaired) electrons. The number of carboxylic acids is 1. The minimum absolute atomic E-state index is 0.0278. The van der Waals surface area contributed by atoms with Crippen LogP contribution in [0.25, 0.3) is 6.08 Å². The fourth-order valence-corrected chi connectivity index (χ4v) is 3.62. The molecule has 0 heterocycles. The fraction of sp³-hybridized carbons (Fsp3) is 0.613. The smallest absolute Gasteiger partial charge is 0.328 e. The van der Waals surface area contributed by atoms with Gasteiger partial charge >= 0.3 is 11.9 Å². The highest BCUT2D eigenvalue weighted by Gasteiger charge is 2.07. The number of allylic oxidation sites excluding steroid dienone is 2. The van der Waals surface area contributed by atoms with Crippen molar-refractivity contribution in [3.05, 3.63) is 42.0 Å². The Bertz CT molecular complexity index is 819. The van der Waals surface area contributed by atoms with Gasteiger partial charge in [-0.05, 0) is 55.9 Å². The van der Waals surface area contributed by atoms with Crippen molar-refractivity contribution in [1.82, 2.24) is 0 Å². The Morgan fingerprint density at radius 1 is 0.923 bits per heavy atom. The predicted molar refractivity (Wildman–Crippen MR) is 155 cm³/mol. The lowest BCUT2D eigenvalue weighted by Crippen LogP contribution is -2.21. The SMILES string of the molecule is CCCCCCCC/C=C\CCCCCCCC(=O)OCC(O)CO.COc1cc(C=CC(=O)O)ccc1O. The maximum Gasteiger partial charge on any atom is 0.328 e. The third-order valence-electron chi connectivity index (χ3n) is 5.91. The molecule has 0 amide bonds. The van der Waals surface area contributed by atoms with E-state index in [2.05, 4.69) is 19.1 Å². The number of aliphatic carboxylic acids is 1. The van der Waals surface area contributed by atoms with E-state index in [1.807, 2.05) is 0 Å². The maximum atomic E-state index is 11.4. The van der Waals surface area contributed by atoms with Crippen molar-refractivity contribution < 1.29 is 39.5 Å². The average Bonchev–Trinajstić information content (AvgIpc) is 2.93. The number of carbonyl (C=O) groups excluding carboxylic acids is 1. The highest BCUT2D eigenvalue weighted by Crippen LogP contribution is 2.26. The van der Waals surface area contributed by atoms with Crippen LogP contribution in [0.3, 0.4) is 0 Å². The van der Waals surface area contributed by atoms with Crippen molar-refractivity contribution in [3.63, 3.8) is 0 Å². The topological polar surface area (TPSA) is 134 Å². The normalized spacial score (nSPS) is 11.8. The minimum Gasteiger partial charge on any atom is -0.504 e. The number of carboxylic acid groups (broad SMARTS) is 1. The zero-order valence-corrected chi connectivity index (χ0v) is 23.9. The molecule has 8 nitrogen and oxygen atoms in total. The number of aliphatic hydroxyl groups is 2. The number of hydrogen-bond donors (Lipinski definition) is 4. The van der Waals surface area contributed by atoms with Gasteiger partial charge in [-0.2, -0.15) is 0 Å². The summed E-state index contributed by atoms with van der Waals surface area (Å²) in [5.74, 6) is -0.959. The summed E-state index contributed by atoms with van der Waals surface area (Å²) in [5, 5.41) is 35.3. The number of carbonyl (C=O) groups is 2. The minimum atomic E-state index is -1.02. The molecule has 1 aromatic rings. The molecule has 0 aliphatic rings. The number of benzene rings is 1. The summed E-state index contributed by atoms with van der Waals surface area (Å²) in [4.78, 5) is 21.6. The van der Waals surface area contributed by atoms with E-state index in [0.29, 0.717) is 17.7 Å². The molecule has 0 bridgehead atoms. The van der Waals surface area contributed by atoms with Gasteiger partial charge in [-0.15, -0.1) is 0 Å². The lowest BCUT2D eigenvalue weighted by atomic mass is 10.1. The van der Waals surface area contributed by atoms with Crippen molar-refractivity contribution in [2.75, 3.05) is 20.3 Å². The average molecular weight is 551 g/mol. The van der Waals surface area contributed by atoms with Gasteiger partial charge in [-0.25, -0.2) is 4.79 Å². The van der Waals surface area contributed by atoms with Crippen LogP contribution < -0.4 is 4.74 Å². The molecule has 222 valence electrons. The number of aromatic hydroxyl groups is 1. The first-order chi connectivity index (χ1) is 18.8. The Balaban J connectivity index is 0.000000864. The summed E-state index contributed by atoms with van der Waals surface area (Å²) in [6.07, 6.45) is 22.5. The van der Waals surface area contributed by atoms with Gasteiger partial charge in [0.15, 0.2) is 11.5 Å². The van der Waals surface area contributed by atoms with Crippen LogP contribution in [0, 0.1) is 0 Å². The summed E-state index contributed by atoms with van der Waals surface area (Å²) < 4.78 is 9.72. The lowest BCUT2D eigenvalue weighted by molar-refractivity contribution is -0.147. The van der Waals surface area contributed by atoms with Crippen LogP contribution in [0.2, 0.25) is 0 Å². The summed E-state index contributed by atoms with van der Waals surface area (Å²) in [5.41, 5.74) is 0.655. The number of rotatable bonds is 21. The van der Waals surface area contributed by atoms with E-state index < -0.39 is 12.1 Å². The molecule has 0 saturated heterocycles. The fourth-order valence-electron chi connectivity index (χ4n) is 3.62. The molecule has 0 saturated carbocycles. The summed E-state index contributed by atoms with van der Waals surface area (Å²) in [6, 6.07) is 4.59. The Hall–Kier alpha value is -2.84. The molecular weight excluding hydrogens is 500 g/mol. The van der Waals surface area contributed by atoms with Crippen LogP contribution in [0.4, 0.5) is 0 Å². The standard InChI is InChI=1S/C21H40O4.C10H10O4/c1-2-3-4-5-6-7-8-9-10-11-12-13-14-15-16-17-21(24)25-19-20(23)18-22;1-14-9-6-7(2-4-8(9)11)3-5-10(12)13/h9-10,20,22-23H,2-8,11-19H2,1H3;2-6,11H,1H3,(H,12,13)/b10-9-;. The second kappa shape index (κ2) is 25.4. The molecule has 39 heavy (non-hydrogen) atoms. The zero-order chi connectivity index (χ0) is 29.1. The predicted octanol–water partition coefficient (Wildman–Crippen LogP) is 6.42. The van der Waals surface area contributed by atoms with Crippen molar-refractivity contribution in [2.24, 2.45) is 0 Å². The van der Waals surface area contributed by atoms with Gasteiger partial charge in [-0.1, -0.05) is 76.5 Å². The lowest BCUT2D eigenvalue weighted by Gasteiger charge is -2.08. The molecule has 0 aliphatic carbocycles. The summed E-state index contributed by atoms with van der Waals surface area (Å²) in [6.45, 7) is 1.77. The highest BCUT2D eigenvalue weighted by molar-refractivity contribution is 5.85. The molecule has 0 fully saturated rings. The Labute approximate surface area is 234 Å². The Kier molecular flexibility index (Phi) is 23.6. The first-order valence-corrected chi connectivity index (χ1v) is 14.2. The largest absolute Gasteiger partial charge is 0.504 e. The highest BCUT2D eigenvalue weighted by atomic mass is 16.5. The number of hydrogen-bond acceptors (Lipinski definition) is 7. The van der Waals surface area contributed by atoms with Gasteiger partial charge in [0.1, 0.15) is 12.7 Å². The molecule has 1 atom stereocenters. The number of unbranched alkanes of at least 4 members (excludes halogenated alkanes) is 11. The monoisotopic (exact) mass is 550 g/mol. The van der Waals surface area contributed by atoms with Crippen LogP contribution in [-0.2, 0) is 14.3 Å². The molecule has 4 N–H and O–H groups in total. The third kappa shape index (κ3) is 22.8. The van der Waals surface area contributed by atoms with Gasteiger partial charge < -0.3 is 29.9 Å². The number of phenols is 1. The third-order valence-corrected chi connectivity index (χ3v) is 5.91. The van der Waals surface area contributed by atoms with Crippen molar-refractivity contribution in [3.8, 4) is 11.5 Å². The number of methoxy groups -OCH3 is 1. The molecule has 1 unspecified atom stereocenters. The van der Waals surface area contributed by atoms with Gasteiger partial charge in [0, 0.05) is 12.5 Å². The Morgan fingerprint density at radius 3 is 2.08 bits per heavy atom. The van der Waals surface area contributed by atoms with E-state index in [4.69, 9.17) is 24.8 Å². The molecule has 0 aromatic heterocycles. The second-order valence-electron chi connectivity index (χ2n) is 9.46. The van der Waals surface area contributed by atoms with Gasteiger partial charge in [-0.3, -0.25) is 4.79 Å².